The molecule has 0 N–H and O–H groups in total. The van der Waals surface area contributed by atoms with E-state index in [2.05, 4.69) is 13.0 Å². The number of allylic oxidation sites excluding steroid dienone is 2. The fourth-order valence-electron chi connectivity index (χ4n) is 1.26. The van der Waals surface area contributed by atoms with Crippen LogP contribution in [0.4, 0.5) is 0 Å². The summed E-state index contributed by atoms with van der Waals surface area (Å²) in [7, 11) is 0. The Hall–Kier alpha value is 0.844. The van der Waals surface area contributed by atoms with Crippen molar-refractivity contribution in [1.29, 1.82) is 0 Å². The third-order valence-corrected chi connectivity index (χ3v) is 1.91. The second-order valence-electron chi connectivity index (χ2n) is 2.87. The van der Waals surface area contributed by atoms with Gasteiger partial charge in [0.15, 0.2) is 0 Å². The third-order valence-electron chi connectivity index (χ3n) is 1.91. The Kier molecular flexibility index (Phi) is 7.10. The third kappa shape index (κ3) is 4.63. The minimum absolute atomic E-state index is 0. The van der Waals surface area contributed by atoms with E-state index in [1.165, 1.54) is 44.1 Å². The van der Waals surface area contributed by atoms with E-state index in [0.29, 0.717) is 0 Å². The number of hydrogen-bond donors (Lipinski definition) is 0. The van der Waals surface area contributed by atoms with Gasteiger partial charge in [-0.1, -0.05) is 39.0 Å². The molecule has 1 radical (unpaired) electrons. The molecule has 0 aliphatic heterocycles. The van der Waals surface area contributed by atoms with Gasteiger partial charge in [-0.2, -0.15) is 6.42 Å². The summed E-state index contributed by atoms with van der Waals surface area (Å²) in [6.07, 6.45) is 11.5. The van der Waals surface area contributed by atoms with Gasteiger partial charge in [-0.15, -0.1) is 0 Å². The molecule has 0 amide bonds. The van der Waals surface area contributed by atoms with Crippen LogP contribution in [-0.2, 0) is 32.7 Å². The molecule has 1 rings (SSSR count). The predicted molar refractivity (Wildman–Crippen MR) is 40.1 cm³/mol. The van der Waals surface area contributed by atoms with Crippen molar-refractivity contribution in [2.45, 2.75) is 45.4 Å². The molecule has 0 unspecified atom stereocenters. The first-order valence-corrected chi connectivity index (χ1v) is 3.96. The number of rotatable bonds is 0. The molecule has 55 valence electrons. The summed E-state index contributed by atoms with van der Waals surface area (Å²) in [5.74, 6) is 0. The second-order valence-corrected chi connectivity index (χ2v) is 2.87. The first-order valence-electron chi connectivity index (χ1n) is 3.96. The normalized spacial score (nSPS) is 19.9. The molecule has 10 heavy (non-hydrogen) atoms. The van der Waals surface area contributed by atoms with Gasteiger partial charge in [0.25, 0.3) is 0 Å². The molecule has 0 saturated carbocycles. The summed E-state index contributed by atoms with van der Waals surface area (Å²) < 4.78 is 0. The van der Waals surface area contributed by atoms with Crippen LogP contribution in [0.1, 0.15) is 45.4 Å². The minimum Gasteiger partial charge on any atom is -0.497 e. The monoisotopic (exact) mass is 212 g/mol. The first kappa shape index (κ1) is 10.8. The van der Waals surface area contributed by atoms with Crippen LogP contribution in [0.25, 0.3) is 0 Å². The van der Waals surface area contributed by atoms with Crippen LogP contribution in [0.3, 0.4) is 0 Å². The van der Waals surface area contributed by atoms with Crippen molar-refractivity contribution in [2.75, 3.05) is 0 Å². The van der Waals surface area contributed by atoms with Gasteiger partial charge >= 0.3 is 0 Å². The summed E-state index contributed by atoms with van der Waals surface area (Å²) >= 11 is 0. The molecule has 0 aromatic heterocycles. The Morgan fingerprint density at radius 2 is 1.80 bits per heavy atom. The Balaban J connectivity index is 0.000000810. The molecule has 1 aliphatic rings. The zero-order valence-electron chi connectivity index (χ0n) is 6.82. The standard InChI is InChI=1S/C9H15.Y/c1-9-7-5-3-2-4-6-8-9;/h2-7H2,1H3;/q-1;. The van der Waals surface area contributed by atoms with Crippen LogP contribution in [-0.4, -0.2) is 0 Å². The minimum atomic E-state index is 0. The van der Waals surface area contributed by atoms with Crippen LogP contribution < -0.4 is 0 Å². The van der Waals surface area contributed by atoms with Crippen molar-refractivity contribution in [2.24, 2.45) is 0 Å². The van der Waals surface area contributed by atoms with Gasteiger partial charge in [0.05, 0.1) is 0 Å². The SMILES string of the molecule is CC1=[C-]CCCCCC1.[Y]. The van der Waals surface area contributed by atoms with Crippen molar-refractivity contribution in [3.63, 3.8) is 0 Å². The Morgan fingerprint density at radius 3 is 2.60 bits per heavy atom. The fourth-order valence-corrected chi connectivity index (χ4v) is 1.26. The van der Waals surface area contributed by atoms with Gasteiger partial charge in [0.2, 0.25) is 0 Å². The maximum Gasteiger partial charge on any atom is 0 e. The van der Waals surface area contributed by atoms with E-state index in [-0.39, 0.29) is 32.7 Å². The fraction of sp³-hybridized carbons (Fsp3) is 0.778. The van der Waals surface area contributed by atoms with Gasteiger partial charge < -0.3 is 6.08 Å². The zero-order chi connectivity index (χ0) is 6.53. The van der Waals surface area contributed by atoms with Gasteiger partial charge in [0, 0.05) is 32.7 Å². The molecule has 1 aliphatic carbocycles. The summed E-state index contributed by atoms with van der Waals surface area (Å²) in [5.41, 5.74) is 1.48. The molecule has 0 fully saturated rings. The van der Waals surface area contributed by atoms with Crippen molar-refractivity contribution in [1.82, 2.24) is 0 Å². The van der Waals surface area contributed by atoms with Crippen LogP contribution in [0.15, 0.2) is 5.57 Å². The van der Waals surface area contributed by atoms with E-state index in [9.17, 15) is 0 Å². The second kappa shape index (κ2) is 6.55. The average Bonchev–Trinajstić information content (AvgIpc) is 1.79. The molecule has 0 aromatic rings. The largest absolute Gasteiger partial charge is 0.497 e. The van der Waals surface area contributed by atoms with Crippen molar-refractivity contribution >= 4 is 0 Å². The van der Waals surface area contributed by atoms with E-state index in [0.717, 1.165) is 0 Å². The van der Waals surface area contributed by atoms with Gasteiger partial charge in [-0.05, 0) is 0 Å². The van der Waals surface area contributed by atoms with Gasteiger partial charge in [0.1, 0.15) is 0 Å². The maximum absolute atomic E-state index is 3.40. The summed E-state index contributed by atoms with van der Waals surface area (Å²) in [4.78, 5) is 0. The number of hydrogen-bond acceptors (Lipinski definition) is 0. The quantitative estimate of drug-likeness (QED) is 0.541. The molecule has 0 atom stereocenters. The topological polar surface area (TPSA) is 0 Å². The molecule has 0 heterocycles. The predicted octanol–water partition coefficient (Wildman–Crippen LogP) is 3.09. The van der Waals surface area contributed by atoms with E-state index in [4.69, 9.17) is 0 Å². The van der Waals surface area contributed by atoms with Crippen LogP contribution in [0.5, 0.6) is 0 Å². The van der Waals surface area contributed by atoms with E-state index in [1.54, 1.807) is 0 Å². The van der Waals surface area contributed by atoms with Gasteiger partial charge in [-0.25, -0.2) is 0 Å². The molecule has 0 bridgehead atoms. The van der Waals surface area contributed by atoms with Gasteiger partial charge in [-0.3, -0.25) is 5.57 Å². The van der Waals surface area contributed by atoms with Crippen molar-refractivity contribution in [3.05, 3.63) is 11.6 Å². The van der Waals surface area contributed by atoms with Crippen LogP contribution in [0, 0.1) is 6.08 Å². The Labute approximate surface area is 89.3 Å². The molecule has 0 aromatic carbocycles. The van der Waals surface area contributed by atoms with Crippen LogP contribution in [0.2, 0.25) is 0 Å². The van der Waals surface area contributed by atoms with E-state index in [1.807, 2.05) is 0 Å². The van der Waals surface area contributed by atoms with Crippen LogP contribution >= 0.6 is 0 Å². The summed E-state index contributed by atoms with van der Waals surface area (Å²) in [6.45, 7) is 2.20. The summed E-state index contributed by atoms with van der Waals surface area (Å²) in [6, 6.07) is 0. The smallest absolute Gasteiger partial charge is 0 e. The maximum atomic E-state index is 3.40. The molecule has 0 spiro atoms. The average molecular weight is 212 g/mol. The van der Waals surface area contributed by atoms with E-state index < -0.39 is 0 Å². The molecular weight excluding hydrogens is 197 g/mol. The molecule has 0 saturated heterocycles. The van der Waals surface area contributed by atoms with E-state index >= 15 is 0 Å². The van der Waals surface area contributed by atoms with Crippen molar-refractivity contribution in [3.8, 4) is 0 Å². The molecule has 1 heteroatoms. The Bertz CT molecular complexity index is 105. The molecule has 0 nitrogen and oxygen atoms in total. The first-order chi connectivity index (χ1) is 4.39. The van der Waals surface area contributed by atoms with Crippen molar-refractivity contribution < 1.29 is 32.7 Å². The summed E-state index contributed by atoms with van der Waals surface area (Å²) in [5, 5.41) is 0. The zero-order valence-corrected chi connectivity index (χ0v) is 9.66. The molecular formula is C9H15Y-. The Morgan fingerprint density at radius 1 is 1.10 bits per heavy atom.